The van der Waals surface area contributed by atoms with Gasteiger partial charge in [-0.2, -0.15) is 0 Å². The van der Waals surface area contributed by atoms with Crippen molar-refractivity contribution in [2.75, 3.05) is 20.3 Å². The standard InChI is InChI=1S/C15H21NO4/c1-20-12-5-6-13(14(18)7-12)15(19)16-8-10-3-2-4-11(10)9-17/h5-7,10-11,17-18H,2-4,8-9H2,1H3,(H,16,19). The summed E-state index contributed by atoms with van der Waals surface area (Å²) in [6.45, 7) is 0.712. The molecule has 0 spiro atoms. The lowest BCUT2D eigenvalue weighted by molar-refractivity contribution is 0.0935. The lowest BCUT2D eigenvalue weighted by Crippen LogP contribution is -2.31. The Hall–Kier alpha value is -1.75. The van der Waals surface area contributed by atoms with Crippen molar-refractivity contribution in [1.82, 2.24) is 5.32 Å². The number of phenolic OH excluding ortho intramolecular Hbond substituents is 1. The monoisotopic (exact) mass is 279 g/mol. The topological polar surface area (TPSA) is 78.8 Å². The second-order valence-electron chi connectivity index (χ2n) is 5.23. The zero-order chi connectivity index (χ0) is 14.5. The van der Waals surface area contributed by atoms with Crippen molar-refractivity contribution >= 4 is 5.91 Å². The van der Waals surface area contributed by atoms with Gasteiger partial charge in [0, 0.05) is 19.2 Å². The van der Waals surface area contributed by atoms with E-state index in [1.165, 1.54) is 13.2 Å². The third-order valence-electron chi connectivity index (χ3n) is 4.03. The fourth-order valence-electron chi connectivity index (χ4n) is 2.77. The smallest absolute Gasteiger partial charge is 0.255 e. The number of hydrogen-bond donors (Lipinski definition) is 3. The van der Waals surface area contributed by atoms with E-state index in [-0.39, 0.29) is 29.7 Å². The van der Waals surface area contributed by atoms with Crippen LogP contribution in [-0.2, 0) is 0 Å². The number of amides is 1. The van der Waals surface area contributed by atoms with Gasteiger partial charge in [-0.05, 0) is 36.8 Å². The van der Waals surface area contributed by atoms with Crippen LogP contribution in [-0.4, -0.2) is 36.4 Å². The van der Waals surface area contributed by atoms with Crippen molar-refractivity contribution in [2.45, 2.75) is 19.3 Å². The molecule has 1 aliphatic rings. The molecule has 0 radical (unpaired) electrons. The average molecular weight is 279 g/mol. The maximum absolute atomic E-state index is 12.0. The van der Waals surface area contributed by atoms with Crippen molar-refractivity contribution < 1.29 is 19.7 Å². The predicted molar refractivity (Wildman–Crippen MR) is 74.9 cm³/mol. The number of hydrogen-bond acceptors (Lipinski definition) is 4. The Kier molecular flexibility index (Phi) is 4.84. The third kappa shape index (κ3) is 3.22. The first-order chi connectivity index (χ1) is 9.65. The number of carbonyl (C=O) groups excluding carboxylic acids is 1. The van der Waals surface area contributed by atoms with E-state index < -0.39 is 0 Å². The van der Waals surface area contributed by atoms with Gasteiger partial charge in [0.05, 0.1) is 12.7 Å². The maximum atomic E-state index is 12.0. The number of aromatic hydroxyl groups is 1. The highest BCUT2D eigenvalue weighted by Gasteiger charge is 2.27. The van der Waals surface area contributed by atoms with Crippen molar-refractivity contribution in [2.24, 2.45) is 11.8 Å². The lowest BCUT2D eigenvalue weighted by Gasteiger charge is -2.18. The molecule has 1 saturated carbocycles. The molecule has 2 atom stereocenters. The van der Waals surface area contributed by atoms with E-state index >= 15 is 0 Å². The molecule has 1 aromatic rings. The Morgan fingerprint density at radius 2 is 2.15 bits per heavy atom. The highest BCUT2D eigenvalue weighted by atomic mass is 16.5. The van der Waals surface area contributed by atoms with Gasteiger partial charge in [0.25, 0.3) is 5.91 Å². The van der Waals surface area contributed by atoms with E-state index in [4.69, 9.17) is 4.74 Å². The number of aliphatic hydroxyl groups is 1. The molecule has 20 heavy (non-hydrogen) atoms. The summed E-state index contributed by atoms with van der Waals surface area (Å²) >= 11 is 0. The van der Waals surface area contributed by atoms with E-state index in [0.717, 1.165) is 19.3 Å². The highest BCUT2D eigenvalue weighted by Crippen LogP contribution is 2.31. The van der Waals surface area contributed by atoms with Gasteiger partial charge >= 0.3 is 0 Å². The normalized spacial score (nSPS) is 21.7. The van der Waals surface area contributed by atoms with Crippen LogP contribution < -0.4 is 10.1 Å². The fraction of sp³-hybridized carbons (Fsp3) is 0.533. The number of methoxy groups -OCH3 is 1. The minimum absolute atomic E-state index is 0.0908. The van der Waals surface area contributed by atoms with E-state index in [2.05, 4.69) is 5.32 Å². The molecule has 3 N–H and O–H groups in total. The van der Waals surface area contributed by atoms with Crippen molar-refractivity contribution in [1.29, 1.82) is 0 Å². The first-order valence-corrected chi connectivity index (χ1v) is 6.91. The molecular formula is C15H21NO4. The van der Waals surface area contributed by atoms with Crippen LogP contribution in [0.2, 0.25) is 0 Å². The summed E-state index contributed by atoms with van der Waals surface area (Å²) in [7, 11) is 1.50. The molecule has 1 fully saturated rings. The van der Waals surface area contributed by atoms with Crippen LogP contribution in [0.3, 0.4) is 0 Å². The Labute approximate surface area is 118 Å². The minimum atomic E-state index is -0.297. The van der Waals surface area contributed by atoms with Crippen LogP contribution in [0.15, 0.2) is 18.2 Å². The lowest BCUT2D eigenvalue weighted by atomic mass is 9.97. The molecule has 2 rings (SSSR count). The summed E-state index contributed by atoms with van der Waals surface area (Å²) in [4.78, 5) is 12.0. The van der Waals surface area contributed by atoms with Gasteiger partial charge < -0.3 is 20.3 Å². The number of benzene rings is 1. The summed E-state index contributed by atoms with van der Waals surface area (Å²) in [5.41, 5.74) is 0.240. The number of aliphatic hydroxyl groups excluding tert-OH is 1. The molecule has 110 valence electrons. The minimum Gasteiger partial charge on any atom is -0.507 e. The Bertz CT molecular complexity index is 475. The van der Waals surface area contributed by atoms with Crippen molar-refractivity contribution in [3.05, 3.63) is 23.8 Å². The molecule has 1 amide bonds. The van der Waals surface area contributed by atoms with E-state index in [0.29, 0.717) is 18.2 Å². The molecule has 1 aliphatic carbocycles. The summed E-state index contributed by atoms with van der Waals surface area (Å²) < 4.78 is 4.98. The van der Waals surface area contributed by atoms with E-state index in [1.807, 2.05) is 0 Å². The Balaban J connectivity index is 1.95. The molecule has 1 aromatic carbocycles. The number of nitrogens with one attached hydrogen (secondary N) is 1. The van der Waals surface area contributed by atoms with Gasteiger partial charge in [-0.25, -0.2) is 0 Å². The third-order valence-corrected chi connectivity index (χ3v) is 4.03. The van der Waals surface area contributed by atoms with E-state index in [1.54, 1.807) is 12.1 Å². The van der Waals surface area contributed by atoms with Gasteiger partial charge in [-0.1, -0.05) is 6.42 Å². The quantitative estimate of drug-likeness (QED) is 0.764. The predicted octanol–water partition coefficient (Wildman–Crippen LogP) is 1.54. The maximum Gasteiger partial charge on any atom is 0.255 e. The molecular weight excluding hydrogens is 258 g/mol. The Morgan fingerprint density at radius 1 is 1.40 bits per heavy atom. The SMILES string of the molecule is COc1ccc(C(=O)NCC2CCCC2CO)c(O)c1. The first-order valence-electron chi connectivity index (χ1n) is 6.91. The van der Waals surface area contributed by atoms with Gasteiger partial charge in [-0.3, -0.25) is 4.79 Å². The average Bonchev–Trinajstić information content (AvgIpc) is 2.92. The van der Waals surface area contributed by atoms with Crippen LogP contribution in [0.1, 0.15) is 29.6 Å². The van der Waals surface area contributed by atoms with Crippen molar-refractivity contribution in [3.63, 3.8) is 0 Å². The molecule has 2 unspecified atom stereocenters. The largest absolute Gasteiger partial charge is 0.507 e. The summed E-state index contributed by atoms with van der Waals surface area (Å²) in [5, 5.41) is 21.9. The van der Waals surface area contributed by atoms with Crippen LogP contribution in [0.5, 0.6) is 11.5 Å². The van der Waals surface area contributed by atoms with Crippen LogP contribution in [0, 0.1) is 11.8 Å². The molecule has 0 bridgehead atoms. The van der Waals surface area contributed by atoms with Gasteiger partial charge in [0.1, 0.15) is 11.5 Å². The molecule has 0 aliphatic heterocycles. The molecule has 0 saturated heterocycles. The fourth-order valence-corrected chi connectivity index (χ4v) is 2.77. The van der Waals surface area contributed by atoms with Crippen molar-refractivity contribution in [3.8, 4) is 11.5 Å². The highest BCUT2D eigenvalue weighted by molar-refractivity contribution is 5.97. The zero-order valence-corrected chi connectivity index (χ0v) is 11.6. The van der Waals surface area contributed by atoms with Gasteiger partial charge in [-0.15, -0.1) is 0 Å². The molecule has 0 heterocycles. The number of phenols is 1. The van der Waals surface area contributed by atoms with Crippen LogP contribution >= 0.6 is 0 Å². The van der Waals surface area contributed by atoms with E-state index in [9.17, 15) is 15.0 Å². The zero-order valence-electron chi connectivity index (χ0n) is 11.6. The first kappa shape index (κ1) is 14.7. The molecule has 0 aromatic heterocycles. The van der Waals surface area contributed by atoms with Gasteiger partial charge in [0.15, 0.2) is 0 Å². The molecule has 5 nitrogen and oxygen atoms in total. The number of carbonyl (C=O) groups is 1. The second-order valence-corrected chi connectivity index (χ2v) is 5.23. The van der Waals surface area contributed by atoms with Gasteiger partial charge in [0.2, 0.25) is 0 Å². The van der Waals surface area contributed by atoms with Crippen LogP contribution in [0.4, 0.5) is 0 Å². The van der Waals surface area contributed by atoms with Crippen LogP contribution in [0.25, 0.3) is 0 Å². The summed E-state index contributed by atoms with van der Waals surface area (Å²) in [6.07, 6.45) is 3.14. The summed E-state index contributed by atoms with van der Waals surface area (Å²) in [6, 6.07) is 4.60. The number of ether oxygens (including phenoxy) is 1. The number of rotatable bonds is 5. The summed E-state index contributed by atoms with van der Waals surface area (Å²) in [5.74, 6) is 0.722. The molecule has 5 heteroatoms. The Morgan fingerprint density at radius 3 is 2.80 bits per heavy atom. The second kappa shape index (κ2) is 6.61.